The van der Waals surface area contributed by atoms with Crippen LogP contribution in [0.2, 0.25) is 10.0 Å². The Morgan fingerprint density at radius 2 is 1.89 bits per heavy atom. The van der Waals surface area contributed by atoms with Gasteiger partial charge in [0.1, 0.15) is 18.1 Å². The fraction of sp³-hybridized carbons (Fsp3) is 0.231. The molecule has 0 spiro atoms. The predicted molar refractivity (Wildman–Crippen MR) is 73.2 cm³/mol. The number of halogens is 2. The van der Waals surface area contributed by atoms with E-state index in [2.05, 4.69) is 5.32 Å². The van der Waals surface area contributed by atoms with E-state index in [1.54, 1.807) is 12.1 Å². The van der Waals surface area contributed by atoms with Crippen molar-refractivity contribution in [2.75, 3.05) is 5.32 Å². The Morgan fingerprint density at radius 3 is 2.56 bits per heavy atom. The lowest BCUT2D eigenvalue weighted by atomic mass is 10.2. The molecule has 2 N–H and O–H groups in total. The number of aliphatic hydroxyl groups excluding tert-OH is 1. The van der Waals surface area contributed by atoms with Gasteiger partial charge in [-0.15, -0.1) is 0 Å². The molecule has 0 radical (unpaired) electrons. The molecule has 18 heavy (non-hydrogen) atoms. The van der Waals surface area contributed by atoms with E-state index in [0.717, 1.165) is 17.0 Å². The summed E-state index contributed by atoms with van der Waals surface area (Å²) in [6.07, 6.45) is 0. The second kappa shape index (κ2) is 5.65. The monoisotopic (exact) mass is 285 g/mol. The van der Waals surface area contributed by atoms with Crippen LogP contribution in [0.1, 0.15) is 17.1 Å². The number of furan rings is 1. The lowest BCUT2D eigenvalue weighted by molar-refractivity contribution is 0.244. The first kappa shape index (κ1) is 13.3. The lowest BCUT2D eigenvalue weighted by Crippen LogP contribution is -1.99. The van der Waals surface area contributed by atoms with Gasteiger partial charge in [-0.05, 0) is 36.8 Å². The summed E-state index contributed by atoms with van der Waals surface area (Å²) in [5.41, 5.74) is 1.70. The van der Waals surface area contributed by atoms with Crippen molar-refractivity contribution in [1.82, 2.24) is 0 Å². The molecule has 0 amide bonds. The summed E-state index contributed by atoms with van der Waals surface area (Å²) >= 11 is 12.1. The van der Waals surface area contributed by atoms with Gasteiger partial charge < -0.3 is 14.8 Å². The van der Waals surface area contributed by atoms with Crippen molar-refractivity contribution in [2.24, 2.45) is 0 Å². The topological polar surface area (TPSA) is 45.4 Å². The van der Waals surface area contributed by atoms with Gasteiger partial charge in [-0.25, -0.2) is 0 Å². The number of aryl methyl sites for hydroxylation is 1. The van der Waals surface area contributed by atoms with Crippen molar-refractivity contribution < 1.29 is 9.52 Å². The summed E-state index contributed by atoms with van der Waals surface area (Å²) in [4.78, 5) is 0. The van der Waals surface area contributed by atoms with Gasteiger partial charge in [-0.3, -0.25) is 0 Å². The van der Waals surface area contributed by atoms with E-state index in [0.29, 0.717) is 22.4 Å². The Labute approximate surface area is 115 Å². The summed E-state index contributed by atoms with van der Waals surface area (Å²) < 4.78 is 5.36. The van der Waals surface area contributed by atoms with Crippen molar-refractivity contribution in [3.05, 3.63) is 51.4 Å². The normalized spacial score (nSPS) is 10.7. The number of nitrogens with one attached hydrogen (secondary N) is 1. The van der Waals surface area contributed by atoms with Crippen molar-refractivity contribution in [2.45, 2.75) is 20.1 Å². The molecule has 0 saturated heterocycles. The van der Waals surface area contributed by atoms with Gasteiger partial charge in [0.2, 0.25) is 0 Å². The highest BCUT2D eigenvalue weighted by Crippen LogP contribution is 2.29. The van der Waals surface area contributed by atoms with Gasteiger partial charge in [0.25, 0.3) is 0 Å². The van der Waals surface area contributed by atoms with Crippen molar-refractivity contribution in [3.63, 3.8) is 0 Å². The number of hydrogen-bond acceptors (Lipinski definition) is 3. The van der Waals surface area contributed by atoms with Gasteiger partial charge in [0, 0.05) is 5.02 Å². The maximum absolute atomic E-state index is 8.89. The highest BCUT2D eigenvalue weighted by molar-refractivity contribution is 6.35. The molecule has 0 unspecified atom stereocenters. The Morgan fingerprint density at radius 1 is 1.17 bits per heavy atom. The summed E-state index contributed by atoms with van der Waals surface area (Å²) in [5.74, 6) is 1.27. The van der Waals surface area contributed by atoms with Gasteiger partial charge in [0.15, 0.2) is 0 Å². The Hall–Kier alpha value is -1.16. The van der Waals surface area contributed by atoms with Crippen LogP contribution >= 0.6 is 23.2 Å². The van der Waals surface area contributed by atoms with E-state index >= 15 is 0 Å². The molecule has 96 valence electrons. The number of aliphatic hydroxyl groups is 1. The fourth-order valence-corrected chi connectivity index (χ4v) is 2.02. The lowest BCUT2D eigenvalue weighted by Gasteiger charge is -2.09. The molecule has 2 aromatic rings. The van der Waals surface area contributed by atoms with Crippen LogP contribution in [-0.4, -0.2) is 5.11 Å². The minimum atomic E-state index is -0.100. The predicted octanol–water partition coefficient (Wildman–Crippen LogP) is 4.00. The van der Waals surface area contributed by atoms with E-state index in [1.165, 1.54) is 0 Å². The Balaban J connectivity index is 2.08. The molecule has 0 bridgehead atoms. The van der Waals surface area contributed by atoms with E-state index in [-0.39, 0.29) is 6.61 Å². The number of benzene rings is 1. The van der Waals surface area contributed by atoms with E-state index < -0.39 is 0 Å². The van der Waals surface area contributed by atoms with Crippen molar-refractivity contribution >= 4 is 28.9 Å². The zero-order chi connectivity index (χ0) is 13.1. The average molecular weight is 286 g/mol. The average Bonchev–Trinajstić information content (AvgIpc) is 2.80. The molecule has 1 heterocycles. The van der Waals surface area contributed by atoms with Gasteiger partial charge >= 0.3 is 0 Å². The second-order valence-electron chi connectivity index (χ2n) is 3.96. The van der Waals surface area contributed by atoms with Crippen LogP contribution in [0.3, 0.4) is 0 Å². The van der Waals surface area contributed by atoms with Gasteiger partial charge in [-0.1, -0.05) is 23.2 Å². The molecule has 1 aromatic carbocycles. The Bertz CT molecular complexity index is 552. The largest absolute Gasteiger partial charge is 0.462 e. The van der Waals surface area contributed by atoms with E-state index in [9.17, 15) is 0 Å². The summed E-state index contributed by atoms with van der Waals surface area (Å²) in [6, 6.07) is 7.14. The van der Waals surface area contributed by atoms with Crippen LogP contribution in [0.4, 0.5) is 5.69 Å². The fourth-order valence-electron chi connectivity index (χ4n) is 1.57. The second-order valence-corrected chi connectivity index (χ2v) is 4.78. The molecular weight excluding hydrogens is 273 g/mol. The van der Waals surface area contributed by atoms with E-state index in [1.807, 2.05) is 19.1 Å². The zero-order valence-electron chi connectivity index (χ0n) is 9.84. The first-order chi connectivity index (χ1) is 8.60. The first-order valence-corrected chi connectivity index (χ1v) is 6.23. The molecule has 2 rings (SSSR count). The third-order valence-corrected chi connectivity index (χ3v) is 3.29. The summed E-state index contributed by atoms with van der Waals surface area (Å²) in [5, 5.41) is 13.3. The van der Waals surface area contributed by atoms with Crippen LogP contribution in [0, 0.1) is 6.92 Å². The van der Waals surface area contributed by atoms with Crippen LogP contribution < -0.4 is 5.32 Å². The molecule has 0 aliphatic heterocycles. The van der Waals surface area contributed by atoms with Gasteiger partial charge in [0.05, 0.1) is 17.3 Å². The minimum absolute atomic E-state index is 0.100. The molecule has 0 atom stereocenters. The first-order valence-electron chi connectivity index (χ1n) is 5.48. The van der Waals surface area contributed by atoms with Crippen molar-refractivity contribution in [3.8, 4) is 0 Å². The highest BCUT2D eigenvalue weighted by atomic mass is 35.5. The van der Waals surface area contributed by atoms with E-state index in [4.69, 9.17) is 32.7 Å². The molecular formula is C13H13Cl2NO2. The molecule has 0 saturated carbocycles. The molecule has 0 aliphatic carbocycles. The molecule has 3 nitrogen and oxygen atoms in total. The number of rotatable bonds is 4. The van der Waals surface area contributed by atoms with Crippen LogP contribution in [0.15, 0.2) is 28.7 Å². The number of hydrogen-bond donors (Lipinski definition) is 2. The molecule has 1 aromatic heterocycles. The standard InChI is InChI=1S/C13H13Cl2NO2/c1-8-4-12(15)13(5-11(8)14)16-6-9-2-3-10(7-17)18-9/h2-5,16-17H,6-7H2,1H3. The molecule has 0 aliphatic rings. The van der Waals surface area contributed by atoms with Gasteiger partial charge in [-0.2, -0.15) is 0 Å². The highest BCUT2D eigenvalue weighted by Gasteiger charge is 2.06. The third kappa shape index (κ3) is 2.99. The quantitative estimate of drug-likeness (QED) is 0.893. The minimum Gasteiger partial charge on any atom is -0.462 e. The number of anilines is 1. The zero-order valence-corrected chi connectivity index (χ0v) is 11.3. The maximum Gasteiger partial charge on any atom is 0.129 e. The SMILES string of the molecule is Cc1cc(Cl)c(NCc2ccc(CO)o2)cc1Cl. The summed E-state index contributed by atoms with van der Waals surface area (Å²) in [6.45, 7) is 2.29. The maximum atomic E-state index is 8.89. The molecule has 5 heteroatoms. The third-order valence-electron chi connectivity index (χ3n) is 2.57. The Kier molecular flexibility index (Phi) is 4.17. The summed E-state index contributed by atoms with van der Waals surface area (Å²) in [7, 11) is 0. The van der Waals surface area contributed by atoms with Crippen molar-refractivity contribution in [1.29, 1.82) is 0 Å². The molecule has 0 fully saturated rings. The van der Waals surface area contributed by atoms with Crippen LogP contribution in [0.25, 0.3) is 0 Å². The smallest absolute Gasteiger partial charge is 0.129 e. The van der Waals surface area contributed by atoms with Crippen LogP contribution in [0.5, 0.6) is 0 Å². The van der Waals surface area contributed by atoms with Crippen LogP contribution in [-0.2, 0) is 13.2 Å².